The fourth-order valence-corrected chi connectivity index (χ4v) is 3.78. The second-order valence-corrected chi connectivity index (χ2v) is 6.19. The molecule has 0 aromatic rings. The van der Waals surface area contributed by atoms with E-state index in [1.807, 2.05) is 16.7 Å². The first kappa shape index (κ1) is 15.1. The predicted molar refractivity (Wildman–Crippen MR) is 76.3 cm³/mol. The molecule has 0 saturated carbocycles. The highest BCUT2D eigenvalue weighted by atomic mass is 32.2. The minimum atomic E-state index is 0.0800. The molecule has 0 spiro atoms. The van der Waals surface area contributed by atoms with Crippen LogP contribution in [0.3, 0.4) is 0 Å². The van der Waals surface area contributed by atoms with E-state index in [1.165, 1.54) is 0 Å². The second-order valence-electron chi connectivity index (χ2n) is 5.04. The van der Waals surface area contributed by atoms with Gasteiger partial charge in [0.15, 0.2) is 0 Å². The number of hydrogen-bond acceptors (Lipinski definition) is 5. The van der Waals surface area contributed by atoms with Crippen LogP contribution in [0.15, 0.2) is 0 Å². The van der Waals surface area contributed by atoms with Crippen molar-refractivity contribution in [2.24, 2.45) is 5.73 Å². The summed E-state index contributed by atoms with van der Waals surface area (Å²) in [4.78, 5) is 14.3. The Bertz CT molecular complexity index is 279. The minimum absolute atomic E-state index is 0.0800. The molecule has 5 nitrogen and oxygen atoms in total. The van der Waals surface area contributed by atoms with Crippen molar-refractivity contribution in [3.63, 3.8) is 0 Å². The second kappa shape index (κ2) is 8.09. The van der Waals surface area contributed by atoms with Gasteiger partial charge in [0.05, 0.1) is 12.7 Å². The smallest absolute Gasteiger partial charge is 0.248 e. The molecule has 110 valence electrons. The maximum atomic E-state index is 12.3. The lowest BCUT2D eigenvalue weighted by Gasteiger charge is -2.30. The number of hydrogen-bond donors (Lipinski definition) is 1. The van der Waals surface area contributed by atoms with E-state index in [-0.39, 0.29) is 18.6 Å². The van der Waals surface area contributed by atoms with E-state index >= 15 is 0 Å². The molecule has 2 N–H and O–H groups in total. The van der Waals surface area contributed by atoms with Crippen molar-refractivity contribution in [1.82, 2.24) is 4.90 Å². The van der Waals surface area contributed by atoms with Crippen molar-refractivity contribution in [3.8, 4) is 0 Å². The summed E-state index contributed by atoms with van der Waals surface area (Å²) in [5, 5.41) is 0. The van der Waals surface area contributed by atoms with Crippen LogP contribution in [0.1, 0.15) is 19.3 Å². The van der Waals surface area contributed by atoms with Crippen LogP contribution in [0.4, 0.5) is 0 Å². The summed E-state index contributed by atoms with van der Waals surface area (Å²) in [6, 6.07) is 0.350. The Morgan fingerprint density at radius 2 is 2.37 bits per heavy atom. The number of nitrogens with zero attached hydrogens (tertiary/aromatic N) is 1. The van der Waals surface area contributed by atoms with Gasteiger partial charge in [-0.15, -0.1) is 0 Å². The third-order valence-electron chi connectivity index (χ3n) is 3.58. The van der Waals surface area contributed by atoms with E-state index in [4.69, 9.17) is 15.2 Å². The molecule has 2 saturated heterocycles. The van der Waals surface area contributed by atoms with Gasteiger partial charge in [0.2, 0.25) is 5.91 Å². The lowest BCUT2D eigenvalue weighted by atomic mass is 10.1. The van der Waals surface area contributed by atoms with Crippen molar-refractivity contribution in [2.45, 2.75) is 31.4 Å². The van der Waals surface area contributed by atoms with Crippen LogP contribution in [0, 0.1) is 0 Å². The molecule has 2 atom stereocenters. The zero-order chi connectivity index (χ0) is 13.5. The Morgan fingerprint density at radius 3 is 3.00 bits per heavy atom. The summed E-state index contributed by atoms with van der Waals surface area (Å²) in [7, 11) is 0. The van der Waals surface area contributed by atoms with Crippen molar-refractivity contribution in [1.29, 1.82) is 0 Å². The van der Waals surface area contributed by atoms with Crippen molar-refractivity contribution < 1.29 is 14.3 Å². The third kappa shape index (κ3) is 4.63. The molecule has 1 amide bonds. The average Bonchev–Trinajstić information content (AvgIpc) is 3.09. The largest absolute Gasteiger partial charge is 0.376 e. The molecular weight excluding hydrogens is 264 g/mol. The molecule has 6 heteroatoms. The van der Waals surface area contributed by atoms with Crippen molar-refractivity contribution in [3.05, 3.63) is 0 Å². The number of nitrogens with two attached hydrogens (primary N) is 1. The van der Waals surface area contributed by atoms with Crippen LogP contribution in [0.2, 0.25) is 0 Å². The van der Waals surface area contributed by atoms with Gasteiger partial charge in [-0.2, -0.15) is 11.8 Å². The molecule has 0 radical (unpaired) electrons. The van der Waals surface area contributed by atoms with Gasteiger partial charge in [0.1, 0.15) is 6.61 Å². The third-order valence-corrected chi connectivity index (χ3v) is 4.72. The number of amides is 1. The SMILES string of the molecule is NCCOCC(=O)N(CC1CCCO1)C1CCSC1. The number of ether oxygens (including phenoxy) is 2. The molecule has 2 rings (SSSR count). The Morgan fingerprint density at radius 1 is 1.47 bits per heavy atom. The zero-order valence-corrected chi connectivity index (χ0v) is 12.2. The standard InChI is InChI=1S/C13H24N2O3S/c14-4-6-17-9-13(16)15(11-3-7-19-10-11)8-12-2-1-5-18-12/h11-12H,1-10,14H2. The van der Waals surface area contributed by atoms with Crippen molar-refractivity contribution >= 4 is 17.7 Å². The Hall–Kier alpha value is -0.300. The fraction of sp³-hybridized carbons (Fsp3) is 0.923. The Kier molecular flexibility index (Phi) is 6.43. The highest BCUT2D eigenvalue weighted by molar-refractivity contribution is 7.99. The number of thioether (sulfide) groups is 1. The van der Waals surface area contributed by atoms with E-state index in [9.17, 15) is 4.79 Å². The fourth-order valence-electron chi connectivity index (χ4n) is 2.56. The van der Waals surface area contributed by atoms with Gasteiger partial charge in [-0.3, -0.25) is 4.79 Å². The molecule has 2 aliphatic rings. The van der Waals surface area contributed by atoms with Crippen LogP contribution < -0.4 is 5.73 Å². The topological polar surface area (TPSA) is 64.8 Å². The van der Waals surface area contributed by atoms with Crippen LogP contribution in [-0.4, -0.2) is 67.4 Å². The lowest BCUT2D eigenvalue weighted by Crippen LogP contribution is -2.46. The molecule has 2 unspecified atom stereocenters. The van der Waals surface area contributed by atoms with Gasteiger partial charge < -0.3 is 20.1 Å². The summed E-state index contributed by atoms with van der Waals surface area (Å²) in [6.45, 7) is 2.59. The maximum absolute atomic E-state index is 12.3. The van der Waals surface area contributed by atoms with E-state index in [0.717, 1.165) is 43.9 Å². The monoisotopic (exact) mass is 288 g/mol. The quantitative estimate of drug-likeness (QED) is 0.690. The summed E-state index contributed by atoms with van der Waals surface area (Å²) in [5.41, 5.74) is 5.37. The first-order valence-electron chi connectivity index (χ1n) is 7.08. The van der Waals surface area contributed by atoms with E-state index < -0.39 is 0 Å². The number of carbonyl (C=O) groups excluding carboxylic acids is 1. The average molecular weight is 288 g/mol. The molecular formula is C13H24N2O3S. The first-order valence-corrected chi connectivity index (χ1v) is 8.23. The summed E-state index contributed by atoms with van der Waals surface area (Å²) in [5.74, 6) is 2.26. The molecule has 2 aliphatic heterocycles. The number of rotatable bonds is 7. The van der Waals surface area contributed by atoms with Crippen LogP contribution >= 0.6 is 11.8 Å². The van der Waals surface area contributed by atoms with E-state index in [0.29, 0.717) is 19.2 Å². The van der Waals surface area contributed by atoms with Crippen LogP contribution in [-0.2, 0) is 14.3 Å². The lowest BCUT2D eigenvalue weighted by molar-refractivity contribution is -0.139. The molecule has 0 bridgehead atoms. The zero-order valence-electron chi connectivity index (χ0n) is 11.4. The van der Waals surface area contributed by atoms with Gasteiger partial charge in [0.25, 0.3) is 0 Å². The predicted octanol–water partition coefficient (Wildman–Crippen LogP) is 0.475. The van der Waals surface area contributed by atoms with E-state index in [1.54, 1.807) is 0 Å². The molecule has 0 aromatic heterocycles. The molecule has 2 heterocycles. The maximum Gasteiger partial charge on any atom is 0.248 e. The molecule has 0 aromatic carbocycles. The highest BCUT2D eigenvalue weighted by Gasteiger charge is 2.30. The van der Waals surface area contributed by atoms with Gasteiger partial charge in [-0.1, -0.05) is 0 Å². The van der Waals surface area contributed by atoms with Gasteiger partial charge in [-0.25, -0.2) is 0 Å². The first-order chi connectivity index (χ1) is 9.31. The Balaban J connectivity index is 1.86. The molecule has 0 aliphatic carbocycles. The van der Waals surface area contributed by atoms with Gasteiger partial charge in [-0.05, 0) is 25.0 Å². The van der Waals surface area contributed by atoms with Crippen LogP contribution in [0.5, 0.6) is 0 Å². The van der Waals surface area contributed by atoms with Gasteiger partial charge >= 0.3 is 0 Å². The Labute approximate surface area is 119 Å². The highest BCUT2D eigenvalue weighted by Crippen LogP contribution is 2.24. The van der Waals surface area contributed by atoms with E-state index in [2.05, 4.69) is 0 Å². The molecule has 19 heavy (non-hydrogen) atoms. The normalized spacial score (nSPS) is 26.8. The van der Waals surface area contributed by atoms with Crippen molar-refractivity contribution in [2.75, 3.05) is 44.4 Å². The summed E-state index contributed by atoms with van der Waals surface area (Å²) >= 11 is 1.92. The van der Waals surface area contributed by atoms with Crippen LogP contribution in [0.25, 0.3) is 0 Å². The molecule has 2 fully saturated rings. The van der Waals surface area contributed by atoms with Gasteiger partial charge in [0, 0.05) is 31.5 Å². The number of carbonyl (C=O) groups is 1. The minimum Gasteiger partial charge on any atom is -0.376 e. The summed E-state index contributed by atoms with van der Waals surface area (Å²) < 4.78 is 10.9. The summed E-state index contributed by atoms with van der Waals surface area (Å²) in [6.07, 6.45) is 3.47.